The third-order valence-electron chi connectivity index (χ3n) is 17.2. The molecule has 0 saturated heterocycles. The zero-order chi connectivity index (χ0) is 85.0. The molecule has 0 aromatic heterocycles. The highest BCUT2D eigenvalue weighted by Gasteiger charge is 2.37. The molecular formula is C67H127N29O16. The lowest BCUT2D eigenvalue weighted by molar-refractivity contribution is -0.139. The molecule has 45 nitrogen and oxygen atoms in total. The molecule has 112 heavy (non-hydrogen) atoms. The Labute approximate surface area is 652 Å². The molecule has 0 aliphatic heterocycles. The van der Waals surface area contributed by atoms with Crippen LogP contribution in [0.15, 0.2) is 25.0 Å². The summed E-state index contributed by atoms with van der Waals surface area (Å²) in [6.07, 6.45) is -0.0954. The summed E-state index contributed by atoms with van der Waals surface area (Å²) >= 11 is 0. The van der Waals surface area contributed by atoms with E-state index in [0.717, 1.165) is 0 Å². The molecule has 0 aliphatic rings. The van der Waals surface area contributed by atoms with Crippen LogP contribution in [-0.4, -0.2) is 236 Å². The Morgan fingerprint density at radius 3 is 0.929 bits per heavy atom. The van der Waals surface area contributed by atoms with Gasteiger partial charge >= 0.3 is 11.9 Å². The van der Waals surface area contributed by atoms with E-state index in [1.165, 1.54) is 0 Å². The van der Waals surface area contributed by atoms with Gasteiger partial charge in [-0.25, -0.2) is 0 Å². The van der Waals surface area contributed by atoms with Crippen molar-refractivity contribution < 1.29 is 77.3 Å². The van der Waals surface area contributed by atoms with Crippen molar-refractivity contribution in [1.29, 1.82) is 0 Å². The van der Waals surface area contributed by atoms with Crippen molar-refractivity contribution in [2.24, 2.45) is 117 Å². The number of aliphatic imine (C=N–C) groups is 5. The van der Waals surface area contributed by atoms with Gasteiger partial charge in [0, 0.05) is 51.5 Å². The van der Waals surface area contributed by atoms with Gasteiger partial charge in [-0.2, -0.15) is 0 Å². The van der Waals surface area contributed by atoms with Crippen molar-refractivity contribution in [3.05, 3.63) is 0 Å². The van der Waals surface area contributed by atoms with Crippen LogP contribution < -0.4 is 133 Å². The maximum Gasteiger partial charge on any atom is 0.303 e. The van der Waals surface area contributed by atoms with E-state index in [4.69, 9.17) is 74.5 Å². The third kappa shape index (κ3) is 46.4. The Kier molecular flexibility index (Phi) is 51.3. The SMILES string of the molecule is CC[C@H](C)C(NC(=O)[C@H](CCCN=C(N)N)NC(=O)[C@H](CCC(=O)O)NC(=O)[C@H](CCCCN)NC(=O)[C@@H](C)CCCN=C(N)N)C(=O)N[C@@H](CCC(=O)O)C(=O)NCC(=O)N[C@@H](CC(C)C)C(=O)N[C@@H](CCCN=C(N)N)C(=O)N[C@@H](CCCCN)C(=O)N[C@@H](CCCN=C(N)N)C(=O)N[C@@H](CCCN=C(N)N)C(N)=O. The Bertz CT molecular complexity index is 3170. The van der Waals surface area contributed by atoms with Crippen LogP contribution in [0.25, 0.3) is 0 Å². The Balaban J connectivity index is 7.18. The number of nitrogens with two attached hydrogens (primary N) is 13. The van der Waals surface area contributed by atoms with Crippen LogP contribution in [0.4, 0.5) is 0 Å². The molecule has 0 saturated carbocycles. The van der Waals surface area contributed by atoms with Crippen LogP contribution in [0.1, 0.15) is 176 Å². The molecule has 0 aromatic rings. The molecule has 0 heterocycles. The maximum atomic E-state index is 14.5. The Hall–Kier alpha value is -11.1. The molecule has 12 amide bonds. The molecule has 0 spiro atoms. The number of carbonyl (C=O) groups is 14. The van der Waals surface area contributed by atoms with Gasteiger partial charge in [-0.05, 0) is 147 Å². The average molecular weight is 1590 g/mol. The zero-order valence-electron chi connectivity index (χ0n) is 65.1. The molecule has 45 heteroatoms. The summed E-state index contributed by atoms with van der Waals surface area (Å²) in [6.45, 7) is 8.09. The van der Waals surface area contributed by atoms with Crippen LogP contribution in [0.2, 0.25) is 0 Å². The molecule has 12 atom stereocenters. The van der Waals surface area contributed by atoms with Crippen molar-refractivity contribution in [2.75, 3.05) is 52.4 Å². The molecule has 39 N–H and O–H groups in total. The normalized spacial score (nSPS) is 14.1. The number of carbonyl (C=O) groups excluding carboxylic acids is 12. The van der Waals surface area contributed by atoms with E-state index in [2.05, 4.69) is 83.4 Å². The number of nitrogens with zero attached hydrogens (tertiary/aromatic N) is 5. The van der Waals surface area contributed by atoms with E-state index in [1.807, 2.05) is 0 Å². The molecule has 0 rings (SSSR count). The quantitative estimate of drug-likeness (QED) is 0.0153. The fourth-order valence-electron chi connectivity index (χ4n) is 10.8. The average Bonchev–Trinajstić information content (AvgIpc) is 0.864. The fourth-order valence-corrected chi connectivity index (χ4v) is 10.8. The van der Waals surface area contributed by atoms with Crippen molar-refractivity contribution in [3.8, 4) is 0 Å². The summed E-state index contributed by atoms with van der Waals surface area (Å²) in [5.41, 5.74) is 72.0. The number of primary amides is 1. The second-order valence-electron chi connectivity index (χ2n) is 27.3. The number of carboxylic acid groups (broad SMARTS) is 2. The monoisotopic (exact) mass is 1590 g/mol. The summed E-state index contributed by atoms with van der Waals surface area (Å²) in [6, 6.07) is -14.5. The zero-order valence-corrected chi connectivity index (χ0v) is 65.1. The van der Waals surface area contributed by atoms with Crippen molar-refractivity contribution >= 4 is 113 Å². The first kappa shape index (κ1) is 101. The lowest BCUT2D eigenvalue weighted by Gasteiger charge is -2.29. The minimum absolute atomic E-state index is 0.0128. The molecule has 0 aliphatic carbocycles. The van der Waals surface area contributed by atoms with Crippen molar-refractivity contribution in [2.45, 2.75) is 236 Å². The van der Waals surface area contributed by atoms with Crippen LogP contribution in [0.5, 0.6) is 0 Å². The smallest absolute Gasteiger partial charge is 0.303 e. The number of carboxylic acids is 2. The van der Waals surface area contributed by atoms with E-state index >= 15 is 0 Å². The van der Waals surface area contributed by atoms with Gasteiger partial charge in [0.05, 0.1) is 6.54 Å². The number of amides is 12. The topological polar surface area (TPSA) is 812 Å². The predicted octanol–water partition coefficient (Wildman–Crippen LogP) is -8.58. The predicted molar refractivity (Wildman–Crippen MR) is 419 cm³/mol. The van der Waals surface area contributed by atoms with Crippen LogP contribution in [0.3, 0.4) is 0 Å². The molecule has 636 valence electrons. The molecule has 0 radical (unpaired) electrons. The highest BCUT2D eigenvalue weighted by atomic mass is 16.4. The van der Waals surface area contributed by atoms with Gasteiger partial charge in [0.2, 0.25) is 70.9 Å². The molecular weight excluding hydrogens is 1470 g/mol. The minimum Gasteiger partial charge on any atom is -0.481 e. The lowest BCUT2D eigenvalue weighted by Crippen LogP contribution is -2.60. The van der Waals surface area contributed by atoms with Crippen molar-refractivity contribution in [3.63, 3.8) is 0 Å². The second-order valence-corrected chi connectivity index (χ2v) is 27.3. The van der Waals surface area contributed by atoms with Gasteiger partial charge in [0.25, 0.3) is 0 Å². The summed E-state index contributed by atoms with van der Waals surface area (Å²) in [7, 11) is 0. The van der Waals surface area contributed by atoms with Crippen LogP contribution in [0, 0.1) is 17.8 Å². The summed E-state index contributed by atoms with van der Waals surface area (Å²) in [5.74, 6) is -16.5. The first-order chi connectivity index (χ1) is 52.8. The van der Waals surface area contributed by atoms with Crippen molar-refractivity contribution in [1.82, 2.24) is 58.5 Å². The van der Waals surface area contributed by atoms with Gasteiger partial charge in [-0.15, -0.1) is 0 Å². The largest absolute Gasteiger partial charge is 0.481 e. The van der Waals surface area contributed by atoms with Gasteiger partial charge in [0.15, 0.2) is 29.8 Å². The third-order valence-corrected chi connectivity index (χ3v) is 17.2. The summed E-state index contributed by atoms with van der Waals surface area (Å²) in [4.78, 5) is 212. The summed E-state index contributed by atoms with van der Waals surface area (Å²) < 4.78 is 0. The van der Waals surface area contributed by atoms with Gasteiger partial charge in [0.1, 0.15) is 60.4 Å². The first-order valence-electron chi connectivity index (χ1n) is 37.5. The maximum absolute atomic E-state index is 14.5. The number of hydrogen-bond donors (Lipinski definition) is 26. The summed E-state index contributed by atoms with van der Waals surface area (Å²) in [5, 5.41) is 47.7. The number of unbranched alkanes of at least 4 members (excludes halogenated alkanes) is 2. The lowest BCUT2D eigenvalue weighted by atomic mass is 9.96. The number of aliphatic carboxylic acids is 2. The number of nitrogens with one attached hydrogen (secondary N) is 11. The molecule has 0 bridgehead atoms. The molecule has 0 fully saturated rings. The number of hydrogen-bond acceptors (Lipinski definition) is 21. The van der Waals surface area contributed by atoms with E-state index in [-0.39, 0.29) is 165 Å². The fraction of sp³-hybridized carbons (Fsp3) is 0.716. The van der Waals surface area contributed by atoms with Gasteiger partial charge in [-0.3, -0.25) is 92.1 Å². The van der Waals surface area contributed by atoms with Gasteiger partial charge < -0.3 is 143 Å². The second kappa shape index (κ2) is 57.0. The number of guanidine groups is 5. The van der Waals surface area contributed by atoms with Gasteiger partial charge in [-0.1, -0.05) is 41.0 Å². The van der Waals surface area contributed by atoms with Crippen LogP contribution >= 0.6 is 0 Å². The first-order valence-corrected chi connectivity index (χ1v) is 37.5. The Morgan fingerprint density at radius 1 is 0.321 bits per heavy atom. The highest BCUT2D eigenvalue weighted by Crippen LogP contribution is 2.16. The minimum atomic E-state index is -1.71. The standard InChI is InChI=1S/C67H127N29O16/c1-6-37(4)51(96-60(110)44(22-15-33-85-67(79)80)92-59(109)46(24-26-50(100)101)94-56(106)40(17-7-9-27-68)89-53(103)38(5)16-11-29-81-63(71)72)62(112)95-45(23-25-49(98)99)54(104)86-35-48(97)87-47(34-36(2)3)61(111)93-43(21-14-32-84-66(77)78)58(108)90-41(18-8-10-28-69)57(107)91-42(20-13-31-83-65(75)76)55(105)88-39(52(70)102)19-12-30-82-64(73)74/h36-47,51H,6-35,68-69H2,1-5H3,(H2,70,102)(H,86,104)(H,87,97)(H,88,105)(H,89,103)(H,90,108)(H,91,107)(H,92,109)(H,93,111)(H,94,106)(H,95,112)(H,96,110)(H,98,99)(H,100,101)(H4,71,72,81)(H4,73,74,82)(H4,75,76,83)(H4,77,78,84)(H4,79,80,85)/t37-,38-,39-,40-,41-,42-,43-,44-,45-,46-,47-,51?/m0/s1. The highest BCUT2D eigenvalue weighted by molar-refractivity contribution is 5.99. The van der Waals surface area contributed by atoms with E-state index in [0.29, 0.717) is 32.1 Å². The van der Waals surface area contributed by atoms with E-state index < -0.39 is 187 Å². The van der Waals surface area contributed by atoms with E-state index in [9.17, 15) is 77.3 Å². The van der Waals surface area contributed by atoms with Crippen LogP contribution in [-0.2, 0) is 67.1 Å². The number of rotatable bonds is 61. The Morgan fingerprint density at radius 2 is 0.607 bits per heavy atom. The molecule has 1 unspecified atom stereocenters. The molecule has 0 aromatic carbocycles. The van der Waals surface area contributed by atoms with E-state index in [1.54, 1.807) is 34.6 Å².